The van der Waals surface area contributed by atoms with Gasteiger partial charge in [0.15, 0.2) is 0 Å². The molecule has 0 radical (unpaired) electrons. The predicted octanol–water partition coefficient (Wildman–Crippen LogP) is 1.97. The summed E-state index contributed by atoms with van der Waals surface area (Å²) in [4.78, 5) is 12.5. The van der Waals surface area contributed by atoms with Crippen molar-refractivity contribution in [2.75, 3.05) is 5.32 Å². The molecule has 1 fully saturated rings. The van der Waals surface area contributed by atoms with Crippen LogP contribution >= 0.6 is 0 Å². The van der Waals surface area contributed by atoms with Crippen LogP contribution in [0.1, 0.15) is 46.0 Å². The summed E-state index contributed by atoms with van der Waals surface area (Å²) in [6.45, 7) is 3.52. The third-order valence-electron chi connectivity index (χ3n) is 4.01. The summed E-state index contributed by atoms with van der Waals surface area (Å²) < 4.78 is 26.6. The summed E-state index contributed by atoms with van der Waals surface area (Å²) in [6.07, 6.45) is 4.40. The first kappa shape index (κ1) is 17.9. The van der Waals surface area contributed by atoms with Gasteiger partial charge in [-0.1, -0.05) is 19.3 Å². The van der Waals surface area contributed by atoms with Gasteiger partial charge in [-0.3, -0.25) is 4.79 Å². The number of benzene rings is 1. The maximum atomic E-state index is 12.3. The molecule has 0 heterocycles. The van der Waals surface area contributed by atoms with Crippen LogP contribution in [-0.2, 0) is 14.8 Å². The van der Waals surface area contributed by atoms with Crippen molar-refractivity contribution in [2.45, 2.75) is 62.4 Å². The van der Waals surface area contributed by atoms with E-state index < -0.39 is 15.6 Å². The maximum Gasteiger partial charge on any atom is 0.244 e. The Labute approximate surface area is 137 Å². The highest BCUT2D eigenvalue weighted by Gasteiger charge is 2.35. The molecule has 0 atom stereocenters. The molecule has 0 aliphatic heterocycles. The molecule has 0 bridgehead atoms. The molecule has 1 aromatic carbocycles. The highest BCUT2D eigenvalue weighted by atomic mass is 32.2. The van der Waals surface area contributed by atoms with Gasteiger partial charge in [-0.25, -0.2) is 13.1 Å². The van der Waals surface area contributed by atoms with Crippen LogP contribution in [0.25, 0.3) is 0 Å². The number of hydrogen-bond donors (Lipinski definition) is 3. The lowest BCUT2D eigenvalue weighted by Crippen LogP contribution is -2.52. The van der Waals surface area contributed by atoms with Crippen LogP contribution < -0.4 is 15.8 Å². The maximum absolute atomic E-state index is 12.3. The molecule has 1 aromatic rings. The lowest BCUT2D eigenvalue weighted by molar-refractivity contribution is -0.122. The summed E-state index contributed by atoms with van der Waals surface area (Å²) in [6, 6.07) is 5.94. The number of nitrogens with one attached hydrogen (secondary N) is 2. The van der Waals surface area contributed by atoms with E-state index in [0.29, 0.717) is 18.5 Å². The lowest BCUT2D eigenvalue weighted by Gasteiger charge is -2.31. The SMILES string of the molecule is CC(C)NS(=O)(=O)c1ccc(NC(=O)C2(N)CCCCC2)cc1. The van der Waals surface area contributed by atoms with Crippen molar-refractivity contribution in [3.63, 3.8) is 0 Å². The van der Waals surface area contributed by atoms with E-state index in [2.05, 4.69) is 10.0 Å². The second-order valence-electron chi connectivity index (χ2n) is 6.47. The number of rotatable bonds is 5. The van der Waals surface area contributed by atoms with Crippen LogP contribution in [0.15, 0.2) is 29.2 Å². The lowest BCUT2D eigenvalue weighted by atomic mass is 9.82. The van der Waals surface area contributed by atoms with Crippen molar-refractivity contribution in [3.8, 4) is 0 Å². The predicted molar refractivity (Wildman–Crippen MR) is 90.5 cm³/mol. The van der Waals surface area contributed by atoms with E-state index >= 15 is 0 Å². The van der Waals surface area contributed by atoms with Gasteiger partial charge >= 0.3 is 0 Å². The topological polar surface area (TPSA) is 101 Å². The number of carbonyl (C=O) groups excluding carboxylic acids is 1. The van der Waals surface area contributed by atoms with Crippen molar-refractivity contribution in [2.24, 2.45) is 5.73 Å². The molecule has 6 nitrogen and oxygen atoms in total. The Morgan fingerprint density at radius 3 is 2.22 bits per heavy atom. The van der Waals surface area contributed by atoms with Gasteiger partial charge in [-0.05, 0) is 51.0 Å². The minimum atomic E-state index is -3.52. The second-order valence-corrected chi connectivity index (χ2v) is 8.19. The molecular weight excluding hydrogens is 314 g/mol. The van der Waals surface area contributed by atoms with E-state index in [-0.39, 0.29) is 16.8 Å². The third-order valence-corrected chi connectivity index (χ3v) is 5.69. The van der Waals surface area contributed by atoms with E-state index in [1.807, 2.05) is 0 Å². The molecule has 0 aromatic heterocycles. The first-order valence-corrected chi connectivity index (χ1v) is 9.44. The Hall–Kier alpha value is -1.44. The highest BCUT2D eigenvalue weighted by Crippen LogP contribution is 2.27. The van der Waals surface area contributed by atoms with Crippen LogP contribution in [0.3, 0.4) is 0 Å². The Morgan fingerprint density at radius 2 is 1.70 bits per heavy atom. The van der Waals surface area contributed by atoms with Gasteiger partial charge in [0, 0.05) is 11.7 Å². The summed E-state index contributed by atoms with van der Waals surface area (Å²) >= 11 is 0. The van der Waals surface area contributed by atoms with Crippen LogP contribution in [0, 0.1) is 0 Å². The number of nitrogens with two attached hydrogens (primary N) is 1. The number of hydrogen-bond acceptors (Lipinski definition) is 4. The zero-order valence-corrected chi connectivity index (χ0v) is 14.4. The minimum Gasteiger partial charge on any atom is -0.324 e. The molecule has 23 heavy (non-hydrogen) atoms. The molecule has 0 unspecified atom stereocenters. The van der Waals surface area contributed by atoms with Crippen LogP contribution in [0.4, 0.5) is 5.69 Å². The normalized spacial score (nSPS) is 17.9. The van der Waals surface area contributed by atoms with Crippen molar-refractivity contribution >= 4 is 21.6 Å². The molecule has 7 heteroatoms. The monoisotopic (exact) mass is 339 g/mol. The van der Waals surface area contributed by atoms with Crippen molar-refractivity contribution in [3.05, 3.63) is 24.3 Å². The first-order chi connectivity index (χ1) is 10.7. The van der Waals surface area contributed by atoms with Crippen molar-refractivity contribution < 1.29 is 13.2 Å². The summed E-state index contributed by atoms with van der Waals surface area (Å²) in [5.41, 5.74) is 5.92. The average molecular weight is 339 g/mol. The van der Waals surface area contributed by atoms with E-state index in [4.69, 9.17) is 5.73 Å². The van der Waals surface area contributed by atoms with Gasteiger partial charge in [0.2, 0.25) is 15.9 Å². The molecule has 0 spiro atoms. The summed E-state index contributed by atoms with van der Waals surface area (Å²) in [7, 11) is -3.52. The molecule has 128 valence electrons. The van der Waals surface area contributed by atoms with E-state index in [0.717, 1.165) is 19.3 Å². The zero-order valence-electron chi connectivity index (χ0n) is 13.6. The van der Waals surface area contributed by atoms with Gasteiger partial charge in [-0.2, -0.15) is 0 Å². The Kier molecular flexibility index (Phi) is 5.44. The van der Waals surface area contributed by atoms with Gasteiger partial charge in [0.25, 0.3) is 0 Å². The molecule has 1 aliphatic rings. The first-order valence-electron chi connectivity index (χ1n) is 7.96. The Bertz CT molecular complexity index is 648. The van der Waals surface area contributed by atoms with Gasteiger partial charge in [-0.15, -0.1) is 0 Å². The number of sulfonamides is 1. The van der Waals surface area contributed by atoms with Crippen LogP contribution in [-0.4, -0.2) is 25.9 Å². The second kappa shape index (κ2) is 6.98. The van der Waals surface area contributed by atoms with Gasteiger partial charge in [0.1, 0.15) is 0 Å². The van der Waals surface area contributed by atoms with Gasteiger partial charge in [0.05, 0.1) is 10.4 Å². The highest BCUT2D eigenvalue weighted by molar-refractivity contribution is 7.89. The standard InChI is InChI=1S/C16H25N3O3S/c1-12(2)19-23(21,22)14-8-6-13(7-9-14)18-15(20)16(17)10-4-3-5-11-16/h6-9,12,19H,3-5,10-11,17H2,1-2H3,(H,18,20). The van der Waals surface area contributed by atoms with E-state index in [9.17, 15) is 13.2 Å². The number of carbonyl (C=O) groups is 1. The van der Waals surface area contributed by atoms with Crippen LogP contribution in [0.2, 0.25) is 0 Å². The van der Waals surface area contributed by atoms with Gasteiger partial charge < -0.3 is 11.1 Å². The van der Waals surface area contributed by atoms with Crippen LogP contribution in [0.5, 0.6) is 0 Å². The number of amides is 1. The van der Waals surface area contributed by atoms with Crippen molar-refractivity contribution in [1.82, 2.24) is 4.72 Å². The molecule has 1 aliphatic carbocycles. The minimum absolute atomic E-state index is 0.171. The number of anilines is 1. The molecule has 0 saturated heterocycles. The summed E-state index contributed by atoms with van der Waals surface area (Å²) in [5.74, 6) is -0.201. The molecule has 4 N–H and O–H groups in total. The third kappa shape index (κ3) is 4.53. The smallest absolute Gasteiger partial charge is 0.244 e. The average Bonchev–Trinajstić information content (AvgIpc) is 2.47. The molecular formula is C16H25N3O3S. The summed E-state index contributed by atoms with van der Waals surface area (Å²) in [5, 5.41) is 2.79. The Balaban J connectivity index is 2.07. The molecule has 2 rings (SSSR count). The quantitative estimate of drug-likeness (QED) is 0.763. The van der Waals surface area contributed by atoms with Crippen molar-refractivity contribution in [1.29, 1.82) is 0 Å². The molecule has 1 saturated carbocycles. The fraction of sp³-hybridized carbons (Fsp3) is 0.562. The van der Waals surface area contributed by atoms with E-state index in [1.165, 1.54) is 12.1 Å². The molecule has 1 amide bonds. The zero-order chi connectivity index (χ0) is 17.1. The largest absolute Gasteiger partial charge is 0.324 e. The Morgan fingerprint density at radius 1 is 1.13 bits per heavy atom. The fourth-order valence-electron chi connectivity index (χ4n) is 2.76. The fourth-order valence-corrected chi connectivity index (χ4v) is 4.01. The van der Waals surface area contributed by atoms with E-state index in [1.54, 1.807) is 26.0 Å².